The number of carboxylic acid groups (broad SMARTS) is 1. The second kappa shape index (κ2) is 6.57. The Bertz CT molecular complexity index is 416. The average molecular weight is 263 g/mol. The number of nitrogens with zero attached hydrogens (tertiary/aromatic N) is 1. The summed E-state index contributed by atoms with van der Waals surface area (Å²) in [6.45, 7) is 5.00. The van der Waals surface area contributed by atoms with Gasteiger partial charge in [0.1, 0.15) is 12.4 Å². The predicted octanol–water partition coefficient (Wildman–Crippen LogP) is 2.64. The van der Waals surface area contributed by atoms with Crippen LogP contribution in [0.4, 0.5) is 0 Å². The highest BCUT2D eigenvalue weighted by molar-refractivity contribution is 5.87. The fourth-order valence-electron chi connectivity index (χ4n) is 2.63. The minimum absolute atomic E-state index is 0.290. The molecule has 4 heteroatoms. The number of likely N-dealkylation sites (tertiary alicyclic amines) is 1. The van der Waals surface area contributed by atoms with Crippen LogP contribution in [-0.2, 0) is 0 Å². The number of carbonyl (C=O) groups is 1. The van der Waals surface area contributed by atoms with Gasteiger partial charge in [0, 0.05) is 12.6 Å². The molecular formula is C15H21NO3. The Hall–Kier alpha value is -1.55. The molecule has 1 aliphatic rings. The normalized spacial score (nSPS) is 19.5. The second-order valence-electron chi connectivity index (χ2n) is 4.92. The van der Waals surface area contributed by atoms with Crippen LogP contribution in [0, 0.1) is 0 Å². The minimum Gasteiger partial charge on any atom is -0.492 e. The molecule has 1 aromatic rings. The standard InChI is InChI=1S/C15H21NO3/c1-2-13-4-3-9-16(13)10-11-19-14-7-5-12(6-8-14)15(17)18/h5-8,13H,2-4,9-11H2,1H3,(H,17,18). The SMILES string of the molecule is CCC1CCCN1CCOc1ccc(C(=O)O)cc1. The lowest BCUT2D eigenvalue weighted by Gasteiger charge is -2.23. The number of hydrogen-bond acceptors (Lipinski definition) is 3. The Kier molecular flexibility index (Phi) is 4.80. The Morgan fingerprint density at radius 3 is 2.79 bits per heavy atom. The lowest BCUT2D eigenvalue weighted by molar-refractivity contribution is 0.0697. The van der Waals surface area contributed by atoms with Gasteiger partial charge in [-0.2, -0.15) is 0 Å². The molecule has 2 rings (SSSR count). The van der Waals surface area contributed by atoms with Gasteiger partial charge in [-0.25, -0.2) is 4.79 Å². The summed E-state index contributed by atoms with van der Waals surface area (Å²) >= 11 is 0. The van der Waals surface area contributed by atoms with Gasteiger partial charge >= 0.3 is 5.97 Å². The fourth-order valence-corrected chi connectivity index (χ4v) is 2.63. The number of hydrogen-bond donors (Lipinski definition) is 1. The zero-order valence-electron chi connectivity index (χ0n) is 11.3. The van der Waals surface area contributed by atoms with Gasteiger partial charge < -0.3 is 9.84 Å². The van der Waals surface area contributed by atoms with Crippen LogP contribution in [0.1, 0.15) is 36.5 Å². The van der Waals surface area contributed by atoms with Crippen LogP contribution >= 0.6 is 0 Å². The molecule has 0 radical (unpaired) electrons. The molecule has 1 fully saturated rings. The van der Waals surface area contributed by atoms with Crippen LogP contribution in [0.25, 0.3) is 0 Å². The van der Waals surface area contributed by atoms with Crippen molar-refractivity contribution < 1.29 is 14.6 Å². The van der Waals surface area contributed by atoms with Crippen molar-refractivity contribution in [3.8, 4) is 5.75 Å². The van der Waals surface area contributed by atoms with E-state index in [0.717, 1.165) is 12.3 Å². The van der Waals surface area contributed by atoms with Crippen molar-refractivity contribution in [2.75, 3.05) is 19.7 Å². The minimum atomic E-state index is -0.908. The average Bonchev–Trinajstić information content (AvgIpc) is 2.87. The Labute approximate surface area is 114 Å². The largest absolute Gasteiger partial charge is 0.492 e. The number of aromatic carboxylic acids is 1. The zero-order valence-corrected chi connectivity index (χ0v) is 11.3. The zero-order chi connectivity index (χ0) is 13.7. The van der Waals surface area contributed by atoms with Crippen molar-refractivity contribution in [1.29, 1.82) is 0 Å². The molecule has 0 amide bonds. The van der Waals surface area contributed by atoms with E-state index in [-0.39, 0.29) is 5.56 Å². The molecule has 104 valence electrons. The first-order chi connectivity index (χ1) is 9.20. The summed E-state index contributed by atoms with van der Waals surface area (Å²) in [7, 11) is 0. The van der Waals surface area contributed by atoms with E-state index in [1.165, 1.54) is 25.8 Å². The molecule has 1 aliphatic heterocycles. The van der Waals surface area contributed by atoms with Crippen LogP contribution in [0.2, 0.25) is 0 Å². The van der Waals surface area contributed by atoms with Crippen LogP contribution in [0.3, 0.4) is 0 Å². The van der Waals surface area contributed by atoms with Gasteiger partial charge in [-0.3, -0.25) is 4.90 Å². The summed E-state index contributed by atoms with van der Waals surface area (Å²) in [4.78, 5) is 13.2. The smallest absolute Gasteiger partial charge is 0.335 e. The Morgan fingerprint density at radius 1 is 1.42 bits per heavy atom. The van der Waals surface area contributed by atoms with Crippen LogP contribution in [-0.4, -0.2) is 41.7 Å². The maximum atomic E-state index is 10.7. The number of rotatable bonds is 6. The monoisotopic (exact) mass is 263 g/mol. The van der Waals surface area contributed by atoms with E-state index in [2.05, 4.69) is 11.8 Å². The molecule has 1 N–H and O–H groups in total. The Morgan fingerprint density at radius 2 is 2.16 bits per heavy atom. The molecule has 1 atom stereocenters. The molecule has 4 nitrogen and oxygen atoms in total. The van der Waals surface area contributed by atoms with Crippen LogP contribution in [0.5, 0.6) is 5.75 Å². The molecular weight excluding hydrogens is 242 g/mol. The summed E-state index contributed by atoms with van der Waals surface area (Å²) in [6.07, 6.45) is 3.78. The number of benzene rings is 1. The van der Waals surface area contributed by atoms with Crippen molar-refractivity contribution in [2.24, 2.45) is 0 Å². The summed E-state index contributed by atoms with van der Waals surface area (Å²) in [5.74, 6) is -0.174. The second-order valence-corrected chi connectivity index (χ2v) is 4.92. The summed E-state index contributed by atoms with van der Waals surface area (Å²) < 4.78 is 5.66. The first-order valence-electron chi connectivity index (χ1n) is 6.91. The van der Waals surface area contributed by atoms with E-state index in [4.69, 9.17) is 9.84 Å². The van der Waals surface area contributed by atoms with Gasteiger partial charge in [-0.15, -0.1) is 0 Å². The first-order valence-corrected chi connectivity index (χ1v) is 6.91. The topological polar surface area (TPSA) is 49.8 Å². The van der Waals surface area contributed by atoms with Crippen molar-refractivity contribution in [2.45, 2.75) is 32.2 Å². The predicted molar refractivity (Wildman–Crippen MR) is 73.8 cm³/mol. The third kappa shape index (κ3) is 3.70. The maximum absolute atomic E-state index is 10.7. The highest BCUT2D eigenvalue weighted by Crippen LogP contribution is 2.19. The van der Waals surface area contributed by atoms with Gasteiger partial charge in [-0.1, -0.05) is 6.92 Å². The summed E-state index contributed by atoms with van der Waals surface area (Å²) in [5.41, 5.74) is 0.290. The summed E-state index contributed by atoms with van der Waals surface area (Å²) in [6, 6.07) is 7.28. The van der Waals surface area contributed by atoms with E-state index in [1.54, 1.807) is 24.3 Å². The molecule has 0 bridgehead atoms. The number of ether oxygens (including phenoxy) is 1. The van der Waals surface area contributed by atoms with Crippen molar-refractivity contribution in [3.63, 3.8) is 0 Å². The van der Waals surface area contributed by atoms with E-state index in [0.29, 0.717) is 12.6 Å². The molecule has 19 heavy (non-hydrogen) atoms. The van der Waals surface area contributed by atoms with Gasteiger partial charge in [0.25, 0.3) is 0 Å². The van der Waals surface area contributed by atoms with Crippen LogP contribution in [0.15, 0.2) is 24.3 Å². The quantitative estimate of drug-likeness (QED) is 0.857. The van der Waals surface area contributed by atoms with Gasteiger partial charge in [0.15, 0.2) is 0 Å². The molecule has 0 aliphatic carbocycles. The molecule has 1 heterocycles. The Balaban J connectivity index is 1.77. The van der Waals surface area contributed by atoms with Gasteiger partial charge in [0.2, 0.25) is 0 Å². The summed E-state index contributed by atoms with van der Waals surface area (Å²) in [5, 5.41) is 8.80. The van der Waals surface area contributed by atoms with Crippen molar-refractivity contribution in [1.82, 2.24) is 4.90 Å². The number of carboxylic acids is 1. The lowest BCUT2D eigenvalue weighted by atomic mass is 10.2. The fraction of sp³-hybridized carbons (Fsp3) is 0.533. The molecule has 1 saturated heterocycles. The highest BCUT2D eigenvalue weighted by Gasteiger charge is 2.22. The third-order valence-electron chi connectivity index (χ3n) is 3.72. The molecule has 1 aromatic carbocycles. The van der Waals surface area contributed by atoms with Gasteiger partial charge in [-0.05, 0) is 50.1 Å². The van der Waals surface area contributed by atoms with Crippen molar-refractivity contribution >= 4 is 5.97 Å². The first kappa shape index (κ1) is 13.9. The highest BCUT2D eigenvalue weighted by atomic mass is 16.5. The van der Waals surface area contributed by atoms with Crippen LogP contribution < -0.4 is 4.74 Å². The van der Waals surface area contributed by atoms with Gasteiger partial charge in [0.05, 0.1) is 5.56 Å². The molecule has 0 spiro atoms. The maximum Gasteiger partial charge on any atom is 0.335 e. The van der Waals surface area contributed by atoms with E-state index < -0.39 is 5.97 Å². The van der Waals surface area contributed by atoms with E-state index >= 15 is 0 Å². The van der Waals surface area contributed by atoms with E-state index in [1.807, 2.05) is 0 Å². The van der Waals surface area contributed by atoms with E-state index in [9.17, 15) is 4.79 Å². The molecule has 0 aromatic heterocycles. The third-order valence-corrected chi connectivity index (χ3v) is 3.72. The lowest BCUT2D eigenvalue weighted by Crippen LogP contribution is -2.32. The molecule has 0 saturated carbocycles. The molecule has 1 unspecified atom stereocenters. The van der Waals surface area contributed by atoms with Crippen molar-refractivity contribution in [3.05, 3.63) is 29.8 Å².